The molecule has 0 saturated heterocycles. The second kappa shape index (κ2) is 4.48. The van der Waals surface area contributed by atoms with Crippen molar-refractivity contribution in [3.8, 4) is 5.69 Å². The standard InChI is InChI=1S/C15H13FN2O/c1-10(19)15-12(16)6-4-8-14(15)18-13-7-3-2-5-11(13)9-17-18/h2-10,19H,1H3/t10-/m0/s1. The molecule has 0 saturated carbocycles. The van der Waals surface area contributed by atoms with Crippen LogP contribution in [0.3, 0.4) is 0 Å². The van der Waals surface area contributed by atoms with Gasteiger partial charge in [-0.2, -0.15) is 5.10 Å². The van der Waals surface area contributed by atoms with E-state index in [-0.39, 0.29) is 5.56 Å². The van der Waals surface area contributed by atoms with Gasteiger partial charge in [0, 0.05) is 10.9 Å². The minimum absolute atomic E-state index is 0.261. The number of benzene rings is 2. The third-order valence-corrected chi connectivity index (χ3v) is 3.15. The normalized spacial score (nSPS) is 12.8. The quantitative estimate of drug-likeness (QED) is 0.764. The first-order valence-electron chi connectivity index (χ1n) is 6.08. The number of aliphatic hydroxyl groups is 1. The summed E-state index contributed by atoms with van der Waals surface area (Å²) >= 11 is 0. The minimum Gasteiger partial charge on any atom is -0.389 e. The molecule has 0 aliphatic heterocycles. The van der Waals surface area contributed by atoms with E-state index in [9.17, 15) is 9.50 Å². The first kappa shape index (κ1) is 11.9. The summed E-state index contributed by atoms with van der Waals surface area (Å²) in [5.41, 5.74) is 1.71. The van der Waals surface area contributed by atoms with E-state index in [1.807, 2.05) is 24.3 Å². The van der Waals surface area contributed by atoms with Crippen LogP contribution in [-0.2, 0) is 0 Å². The molecule has 0 radical (unpaired) electrons. The maximum Gasteiger partial charge on any atom is 0.131 e. The summed E-state index contributed by atoms with van der Waals surface area (Å²) in [6, 6.07) is 12.4. The molecule has 2 aromatic carbocycles. The fourth-order valence-electron chi connectivity index (χ4n) is 2.29. The van der Waals surface area contributed by atoms with Gasteiger partial charge in [-0.15, -0.1) is 0 Å². The van der Waals surface area contributed by atoms with Crippen LogP contribution in [-0.4, -0.2) is 14.9 Å². The van der Waals surface area contributed by atoms with Crippen molar-refractivity contribution in [3.63, 3.8) is 0 Å². The van der Waals surface area contributed by atoms with E-state index in [0.717, 1.165) is 10.9 Å². The molecule has 0 spiro atoms. The molecule has 3 rings (SSSR count). The van der Waals surface area contributed by atoms with Gasteiger partial charge in [-0.05, 0) is 25.1 Å². The first-order chi connectivity index (χ1) is 9.18. The lowest BCUT2D eigenvalue weighted by molar-refractivity contribution is 0.194. The van der Waals surface area contributed by atoms with Crippen LogP contribution in [0.2, 0.25) is 0 Å². The molecule has 0 bridgehead atoms. The third kappa shape index (κ3) is 1.90. The fraction of sp³-hybridized carbons (Fsp3) is 0.133. The molecular formula is C15H13FN2O. The topological polar surface area (TPSA) is 38.0 Å². The Labute approximate surface area is 109 Å². The van der Waals surface area contributed by atoms with Crippen LogP contribution in [0.5, 0.6) is 0 Å². The molecule has 0 aliphatic rings. The van der Waals surface area contributed by atoms with Crippen LogP contribution in [0, 0.1) is 5.82 Å². The Bertz CT molecular complexity index is 734. The summed E-state index contributed by atoms with van der Waals surface area (Å²) in [4.78, 5) is 0. The molecule has 4 heteroatoms. The van der Waals surface area contributed by atoms with E-state index >= 15 is 0 Å². The highest BCUT2D eigenvalue weighted by Gasteiger charge is 2.16. The van der Waals surface area contributed by atoms with Crippen molar-refractivity contribution >= 4 is 10.9 Å². The highest BCUT2D eigenvalue weighted by atomic mass is 19.1. The molecule has 1 atom stereocenters. The lowest BCUT2D eigenvalue weighted by atomic mass is 10.1. The Hall–Kier alpha value is -2.20. The van der Waals surface area contributed by atoms with Gasteiger partial charge in [0.2, 0.25) is 0 Å². The maximum absolute atomic E-state index is 13.9. The molecule has 19 heavy (non-hydrogen) atoms. The van der Waals surface area contributed by atoms with E-state index in [1.54, 1.807) is 29.9 Å². The number of halogens is 1. The zero-order valence-corrected chi connectivity index (χ0v) is 10.4. The van der Waals surface area contributed by atoms with Crippen LogP contribution >= 0.6 is 0 Å². The molecule has 0 amide bonds. The number of hydrogen-bond acceptors (Lipinski definition) is 2. The lowest BCUT2D eigenvalue weighted by Crippen LogP contribution is -2.06. The van der Waals surface area contributed by atoms with Gasteiger partial charge in [-0.25, -0.2) is 9.07 Å². The molecule has 1 N–H and O–H groups in total. The number of hydrogen-bond donors (Lipinski definition) is 1. The van der Waals surface area contributed by atoms with Gasteiger partial charge in [-0.3, -0.25) is 0 Å². The van der Waals surface area contributed by atoms with Crippen LogP contribution in [0.25, 0.3) is 16.6 Å². The van der Waals surface area contributed by atoms with Gasteiger partial charge in [0.25, 0.3) is 0 Å². The van der Waals surface area contributed by atoms with Gasteiger partial charge >= 0.3 is 0 Å². The molecule has 3 nitrogen and oxygen atoms in total. The minimum atomic E-state index is -0.890. The van der Waals surface area contributed by atoms with Crippen LogP contribution in [0.4, 0.5) is 4.39 Å². The van der Waals surface area contributed by atoms with Gasteiger partial charge in [0.1, 0.15) is 5.82 Å². The Morgan fingerprint density at radius 2 is 1.95 bits per heavy atom. The molecule has 96 valence electrons. The predicted octanol–water partition coefficient (Wildman–Crippen LogP) is 3.22. The Balaban J connectivity index is 2.30. The van der Waals surface area contributed by atoms with E-state index in [0.29, 0.717) is 5.69 Å². The van der Waals surface area contributed by atoms with Gasteiger partial charge in [0.05, 0.1) is 23.5 Å². The second-order valence-electron chi connectivity index (χ2n) is 4.46. The molecule has 0 aliphatic carbocycles. The van der Waals surface area contributed by atoms with Gasteiger partial charge in [-0.1, -0.05) is 24.3 Å². The average molecular weight is 256 g/mol. The van der Waals surface area contributed by atoms with Crippen molar-refractivity contribution in [2.24, 2.45) is 0 Å². The summed E-state index contributed by atoms with van der Waals surface area (Å²) in [5.74, 6) is -0.424. The average Bonchev–Trinajstić information content (AvgIpc) is 2.81. The Morgan fingerprint density at radius 3 is 2.74 bits per heavy atom. The van der Waals surface area contributed by atoms with Crippen LogP contribution in [0.1, 0.15) is 18.6 Å². The van der Waals surface area contributed by atoms with Crippen LogP contribution in [0.15, 0.2) is 48.7 Å². The Kier molecular flexibility index (Phi) is 2.80. The number of fused-ring (bicyclic) bond motifs is 1. The second-order valence-corrected chi connectivity index (χ2v) is 4.46. The summed E-state index contributed by atoms with van der Waals surface area (Å²) in [7, 11) is 0. The largest absolute Gasteiger partial charge is 0.389 e. The van der Waals surface area contributed by atoms with Gasteiger partial charge < -0.3 is 5.11 Å². The van der Waals surface area contributed by atoms with Crippen molar-refractivity contribution in [1.29, 1.82) is 0 Å². The number of aromatic nitrogens is 2. The van der Waals surface area contributed by atoms with E-state index in [2.05, 4.69) is 5.10 Å². The van der Waals surface area contributed by atoms with Gasteiger partial charge in [0.15, 0.2) is 0 Å². The number of rotatable bonds is 2. The SMILES string of the molecule is C[C@H](O)c1c(F)cccc1-n1ncc2ccccc21. The van der Waals surface area contributed by atoms with Crippen molar-refractivity contribution in [2.45, 2.75) is 13.0 Å². The zero-order chi connectivity index (χ0) is 13.4. The molecular weight excluding hydrogens is 243 g/mol. The van der Waals surface area contributed by atoms with E-state index < -0.39 is 11.9 Å². The van der Waals surface area contributed by atoms with Crippen molar-refractivity contribution in [2.75, 3.05) is 0 Å². The fourth-order valence-corrected chi connectivity index (χ4v) is 2.29. The molecule has 1 heterocycles. The Morgan fingerprint density at radius 1 is 1.16 bits per heavy atom. The summed E-state index contributed by atoms with van der Waals surface area (Å²) < 4.78 is 15.5. The molecule has 0 unspecified atom stereocenters. The third-order valence-electron chi connectivity index (χ3n) is 3.15. The van der Waals surface area contributed by atoms with Crippen molar-refractivity contribution in [3.05, 3.63) is 60.0 Å². The zero-order valence-electron chi connectivity index (χ0n) is 10.4. The van der Waals surface area contributed by atoms with E-state index in [4.69, 9.17) is 0 Å². The number of para-hydroxylation sites is 1. The highest BCUT2D eigenvalue weighted by molar-refractivity contribution is 5.80. The van der Waals surface area contributed by atoms with Crippen molar-refractivity contribution in [1.82, 2.24) is 9.78 Å². The molecule has 1 aromatic heterocycles. The monoisotopic (exact) mass is 256 g/mol. The number of nitrogens with zero attached hydrogens (tertiary/aromatic N) is 2. The number of aliphatic hydroxyl groups excluding tert-OH is 1. The maximum atomic E-state index is 13.9. The van der Waals surface area contributed by atoms with Crippen molar-refractivity contribution < 1.29 is 9.50 Å². The molecule has 3 aromatic rings. The molecule has 0 fully saturated rings. The van der Waals surface area contributed by atoms with E-state index in [1.165, 1.54) is 6.07 Å². The highest BCUT2D eigenvalue weighted by Crippen LogP contribution is 2.27. The summed E-state index contributed by atoms with van der Waals surface area (Å²) in [6.07, 6.45) is 0.839. The summed E-state index contributed by atoms with van der Waals surface area (Å²) in [6.45, 7) is 1.55. The van der Waals surface area contributed by atoms with Crippen LogP contribution < -0.4 is 0 Å². The predicted molar refractivity (Wildman–Crippen MR) is 71.7 cm³/mol. The first-order valence-corrected chi connectivity index (χ1v) is 6.08. The smallest absolute Gasteiger partial charge is 0.131 e. The lowest BCUT2D eigenvalue weighted by Gasteiger charge is -2.13. The summed E-state index contributed by atoms with van der Waals surface area (Å²) in [5, 5.41) is 15.0.